The standard InChI is InChI=1S/C14H17N3O3/c1-19-11-6-5-10(8-12(11)20-2)14(9-16-17-15)7-3-4-13(14)18/h5-6,8H,3-4,7,9H2,1-2H3. The summed E-state index contributed by atoms with van der Waals surface area (Å²) in [7, 11) is 3.12. The maximum atomic E-state index is 12.3. The van der Waals surface area contributed by atoms with Crippen LogP contribution in [0.5, 0.6) is 11.5 Å². The molecule has 0 aliphatic heterocycles. The van der Waals surface area contributed by atoms with Crippen LogP contribution in [0, 0.1) is 0 Å². The minimum Gasteiger partial charge on any atom is -0.493 e. The van der Waals surface area contributed by atoms with Gasteiger partial charge in [-0.25, -0.2) is 0 Å². The highest BCUT2D eigenvalue weighted by atomic mass is 16.5. The largest absolute Gasteiger partial charge is 0.493 e. The Bertz CT molecular complexity index is 567. The van der Waals surface area contributed by atoms with Gasteiger partial charge in [0, 0.05) is 17.9 Å². The van der Waals surface area contributed by atoms with Gasteiger partial charge in [-0.3, -0.25) is 4.79 Å². The lowest BCUT2D eigenvalue weighted by molar-refractivity contribution is -0.121. The van der Waals surface area contributed by atoms with Gasteiger partial charge in [-0.2, -0.15) is 0 Å². The SMILES string of the molecule is COc1ccc(C2(CN=[N+]=[N-])CCCC2=O)cc1OC. The first-order chi connectivity index (χ1) is 9.67. The second-order valence-electron chi connectivity index (χ2n) is 4.82. The molecule has 0 N–H and O–H groups in total. The third-order valence-corrected chi connectivity index (χ3v) is 3.88. The van der Waals surface area contributed by atoms with Gasteiger partial charge in [-0.05, 0) is 36.1 Å². The molecule has 1 aromatic rings. The van der Waals surface area contributed by atoms with Crippen LogP contribution in [0.15, 0.2) is 23.3 Å². The van der Waals surface area contributed by atoms with Gasteiger partial charge in [0.15, 0.2) is 11.5 Å². The van der Waals surface area contributed by atoms with E-state index in [0.717, 1.165) is 12.0 Å². The van der Waals surface area contributed by atoms with Crippen LogP contribution in [0.1, 0.15) is 24.8 Å². The Balaban J connectivity index is 2.49. The van der Waals surface area contributed by atoms with Gasteiger partial charge in [0.1, 0.15) is 5.78 Å². The Hall–Kier alpha value is -2.20. The van der Waals surface area contributed by atoms with Gasteiger partial charge < -0.3 is 9.47 Å². The monoisotopic (exact) mass is 275 g/mol. The van der Waals surface area contributed by atoms with Crippen molar-refractivity contribution in [1.29, 1.82) is 0 Å². The molecule has 2 rings (SSSR count). The van der Waals surface area contributed by atoms with Crippen molar-refractivity contribution in [3.8, 4) is 11.5 Å². The quantitative estimate of drug-likeness (QED) is 0.470. The van der Waals surface area contributed by atoms with Crippen LogP contribution in [-0.4, -0.2) is 26.5 Å². The fourth-order valence-corrected chi connectivity index (χ4v) is 2.78. The van der Waals surface area contributed by atoms with Crippen LogP contribution in [0.25, 0.3) is 10.4 Å². The van der Waals surface area contributed by atoms with Crippen molar-refractivity contribution in [3.05, 3.63) is 34.2 Å². The molecule has 0 amide bonds. The summed E-state index contributed by atoms with van der Waals surface area (Å²) in [6.45, 7) is 0.151. The van der Waals surface area contributed by atoms with Crippen molar-refractivity contribution in [1.82, 2.24) is 0 Å². The van der Waals surface area contributed by atoms with Crippen molar-refractivity contribution in [3.63, 3.8) is 0 Å². The molecule has 1 aliphatic carbocycles. The summed E-state index contributed by atoms with van der Waals surface area (Å²) >= 11 is 0. The summed E-state index contributed by atoms with van der Waals surface area (Å²) in [5.74, 6) is 1.31. The molecule has 106 valence electrons. The fraction of sp³-hybridized carbons (Fsp3) is 0.500. The number of hydrogen-bond donors (Lipinski definition) is 0. The summed E-state index contributed by atoms with van der Waals surface area (Å²) in [4.78, 5) is 15.1. The molecule has 1 aromatic carbocycles. The molecule has 6 nitrogen and oxygen atoms in total. The third kappa shape index (κ3) is 2.30. The van der Waals surface area contributed by atoms with Crippen LogP contribution < -0.4 is 9.47 Å². The first-order valence-corrected chi connectivity index (χ1v) is 6.44. The highest BCUT2D eigenvalue weighted by Crippen LogP contribution is 2.41. The maximum absolute atomic E-state index is 12.3. The molecule has 0 saturated heterocycles. The van der Waals surface area contributed by atoms with E-state index in [0.29, 0.717) is 24.3 Å². The molecule has 1 unspecified atom stereocenters. The second-order valence-corrected chi connectivity index (χ2v) is 4.82. The second kappa shape index (κ2) is 5.84. The maximum Gasteiger partial charge on any atom is 0.161 e. The average Bonchev–Trinajstić information content (AvgIpc) is 2.86. The lowest BCUT2D eigenvalue weighted by atomic mass is 9.78. The Morgan fingerprint density at radius 2 is 2.10 bits per heavy atom. The number of carbonyl (C=O) groups is 1. The molecule has 0 aromatic heterocycles. The van der Waals surface area contributed by atoms with Gasteiger partial charge in [-0.15, -0.1) is 0 Å². The summed E-state index contributed by atoms with van der Waals surface area (Å²) in [6.07, 6.45) is 2.03. The zero-order valence-corrected chi connectivity index (χ0v) is 11.6. The molecule has 0 spiro atoms. The molecule has 1 fully saturated rings. The number of hydrogen-bond acceptors (Lipinski definition) is 4. The van der Waals surface area contributed by atoms with Crippen LogP contribution in [0.4, 0.5) is 0 Å². The van der Waals surface area contributed by atoms with Crippen molar-refractivity contribution >= 4 is 5.78 Å². The first-order valence-electron chi connectivity index (χ1n) is 6.44. The van der Waals surface area contributed by atoms with Gasteiger partial charge >= 0.3 is 0 Å². The molecule has 20 heavy (non-hydrogen) atoms. The molecular weight excluding hydrogens is 258 g/mol. The lowest BCUT2D eigenvalue weighted by Crippen LogP contribution is -2.34. The van der Waals surface area contributed by atoms with E-state index in [9.17, 15) is 4.79 Å². The Kier molecular flexibility index (Phi) is 4.15. The Labute approximate surface area is 117 Å². The minimum atomic E-state index is -0.716. The fourth-order valence-electron chi connectivity index (χ4n) is 2.78. The number of azide groups is 1. The van der Waals surface area contributed by atoms with E-state index in [-0.39, 0.29) is 12.3 Å². The van der Waals surface area contributed by atoms with Crippen LogP contribution in [0.3, 0.4) is 0 Å². The smallest absolute Gasteiger partial charge is 0.161 e. The van der Waals surface area contributed by atoms with Crippen LogP contribution in [0.2, 0.25) is 0 Å². The highest BCUT2D eigenvalue weighted by molar-refractivity contribution is 5.92. The minimum absolute atomic E-state index is 0.122. The highest BCUT2D eigenvalue weighted by Gasteiger charge is 2.43. The Morgan fingerprint density at radius 3 is 2.65 bits per heavy atom. The van der Waals surface area contributed by atoms with E-state index in [1.807, 2.05) is 6.07 Å². The topological polar surface area (TPSA) is 84.3 Å². The number of ether oxygens (including phenoxy) is 2. The number of benzene rings is 1. The molecule has 1 aliphatic rings. The third-order valence-electron chi connectivity index (χ3n) is 3.88. The molecule has 0 heterocycles. The van der Waals surface area contributed by atoms with Crippen molar-refractivity contribution < 1.29 is 14.3 Å². The van der Waals surface area contributed by atoms with E-state index in [1.165, 1.54) is 0 Å². The molecule has 0 bridgehead atoms. The zero-order chi connectivity index (χ0) is 14.6. The molecule has 0 radical (unpaired) electrons. The van der Waals surface area contributed by atoms with Gasteiger partial charge in [-0.1, -0.05) is 11.2 Å². The van der Waals surface area contributed by atoms with Crippen molar-refractivity contribution in [2.75, 3.05) is 20.8 Å². The average molecular weight is 275 g/mol. The first kappa shape index (κ1) is 14.2. The van der Waals surface area contributed by atoms with Crippen LogP contribution in [-0.2, 0) is 10.2 Å². The van der Waals surface area contributed by atoms with E-state index in [2.05, 4.69) is 10.0 Å². The lowest BCUT2D eigenvalue weighted by Gasteiger charge is -2.26. The zero-order valence-electron chi connectivity index (χ0n) is 11.6. The number of nitrogens with zero attached hydrogens (tertiary/aromatic N) is 3. The van der Waals surface area contributed by atoms with E-state index in [4.69, 9.17) is 15.0 Å². The number of ketones is 1. The van der Waals surface area contributed by atoms with Crippen molar-refractivity contribution in [2.45, 2.75) is 24.7 Å². The summed E-state index contributed by atoms with van der Waals surface area (Å²) in [5, 5.41) is 3.64. The molecule has 1 saturated carbocycles. The number of carbonyl (C=O) groups excluding carboxylic acids is 1. The van der Waals surface area contributed by atoms with Gasteiger partial charge in [0.05, 0.1) is 19.6 Å². The van der Waals surface area contributed by atoms with Crippen LogP contribution >= 0.6 is 0 Å². The van der Waals surface area contributed by atoms with E-state index < -0.39 is 5.41 Å². The number of Topliss-reactive ketones (excluding diaryl/α,β-unsaturated/α-hetero) is 1. The number of methoxy groups -OCH3 is 2. The summed E-state index contributed by atoms with van der Waals surface area (Å²) < 4.78 is 10.5. The normalized spacial score (nSPS) is 21.4. The number of rotatable bonds is 5. The van der Waals surface area contributed by atoms with Gasteiger partial charge in [0.25, 0.3) is 0 Å². The van der Waals surface area contributed by atoms with Crippen molar-refractivity contribution in [2.24, 2.45) is 5.11 Å². The molecular formula is C14H17N3O3. The molecule has 1 atom stereocenters. The predicted molar refractivity (Wildman–Crippen MR) is 74.1 cm³/mol. The predicted octanol–water partition coefficient (Wildman–Crippen LogP) is 3.00. The molecule has 6 heteroatoms. The van der Waals surface area contributed by atoms with E-state index in [1.54, 1.807) is 26.4 Å². The Morgan fingerprint density at radius 1 is 1.35 bits per heavy atom. The summed E-state index contributed by atoms with van der Waals surface area (Å²) in [5.41, 5.74) is 8.67. The summed E-state index contributed by atoms with van der Waals surface area (Å²) in [6, 6.07) is 5.42. The van der Waals surface area contributed by atoms with E-state index >= 15 is 0 Å². The van der Waals surface area contributed by atoms with Gasteiger partial charge in [0.2, 0.25) is 0 Å².